The minimum atomic E-state index is -0.596. The summed E-state index contributed by atoms with van der Waals surface area (Å²) in [7, 11) is 0. The Kier molecular flexibility index (Phi) is 3.12. The molecule has 0 fully saturated rings. The highest BCUT2D eigenvalue weighted by molar-refractivity contribution is 6.03. The molecule has 1 aliphatic heterocycles. The number of aliphatic hydroxyl groups is 1. The lowest BCUT2D eigenvalue weighted by molar-refractivity contribution is -0.115. The summed E-state index contributed by atoms with van der Waals surface area (Å²) in [6.45, 7) is 1.93. The molecule has 0 aliphatic carbocycles. The lowest BCUT2D eigenvalue weighted by atomic mass is 10.1. The fourth-order valence-corrected chi connectivity index (χ4v) is 2.27. The molecule has 0 radical (unpaired) electrons. The summed E-state index contributed by atoms with van der Waals surface area (Å²) in [6.07, 6.45) is 1.08. The molecule has 0 saturated carbocycles. The third-order valence-electron chi connectivity index (χ3n) is 3.28. The predicted molar refractivity (Wildman–Crippen MR) is 76.9 cm³/mol. The normalized spacial score (nSPS) is 15.5. The average molecular weight is 269 g/mol. The molecule has 20 heavy (non-hydrogen) atoms. The third kappa shape index (κ3) is 2.23. The highest BCUT2D eigenvalue weighted by atomic mass is 16.3. The highest BCUT2D eigenvalue weighted by Gasteiger charge is 2.22. The molecular formula is C15H15N3O2. The van der Waals surface area contributed by atoms with Crippen LogP contribution in [-0.4, -0.2) is 22.5 Å². The Labute approximate surface area is 116 Å². The molecule has 0 unspecified atom stereocenters. The first-order valence-electron chi connectivity index (χ1n) is 6.45. The fourth-order valence-electron chi connectivity index (χ4n) is 2.27. The molecule has 1 atom stereocenters. The van der Waals surface area contributed by atoms with E-state index in [0.717, 1.165) is 17.1 Å². The summed E-state index contributed by atoms with van der Waals surface area (Å²) in [5, 5.41) is 12.3. The summed E-state index contributed by atoms with van der Waals surface area (Å²) >= 11 is 0. The number of amides is 1. The van der Waals surface area contributed by atoms with Crippen molar-refractivity contribution < 1.29 is 9.90 Å². The van der Waals surface area contributed by atoms with E-state index in [1.165, 1.54) is 0 Å². The van der Waals surface area contributed by atoms with E-state index in [0.29, 0.717) is 5.69 Å². The van der Waals surface area contributed by atoms with Crippen molar-refractivity contribution in [1.29, 1.82) is 0 Å². The molecule has 2 heterocycles. The summed E-state index contributed by atoms with van der Waals surface area (Å²) in [4.78, 5) is 17.9. The Morgan fingerprint density at radius 3 is 2.80 bits per heavy atom. The van der Waals surface area contributed by atoms with E-state index in [1.54, 1.807) is 19.2 Å². The number of hydrogen-bond acceptors (Lipinski definition) is 4. The Morgan fingerprint density at radius 1 is 1.30 bits per heavy atom. The first-order chi connectivity index (χ1) is 9.65. The van der Waals surface area contributed by atoms with Gasteiger partial charge in [-0.15, -0.1) is 0 Å². The standard InChI is InChI=1S/C15H15N3O2/c1-10(19)12-7-6-11(8-16-12)18-9-15(20)17-13-4-2-3-5-14(13)18/h2-8,10,19H,9H2,1H3,(H,17,20)/t10-/m0/s1. The van der Waals surface area contributed by atoms with Crippen molar-refractivity contribution in [1.82, 2.24) is 4.98 Å². The van der Waals surface area contributed by atoms with Crippen molar-refractivity contribution in [3.63, 3.8) is 0 Å². The van der Waals surface area contributed by atoms with Gasteiger partial charge in [-0.05, 0) is 31.2 Å². The zero-order valence-corrected chi connectivity index (χ0v) is 11.1. The van der Waals surface area contributed by atoms with E-state index in [4.69, 9.17) is 0 Å². The average Bonchev–Trinajstić information content (AvgIpc) is 2.46. The Bertz CT molecular complexity index is 638. The highest BCUT2D eigenvalue weighted by Crippen LogP contribution is 2.34. The number of aromatic nitrogens is 1. The number of carbonyl (C=O) groups is 1. The van der Waals surface area contributed by atoms with Crippen LogP contribution in [-0.2, 0) is 4.79 Å². The first kappa shape index (κ1) is 12.6. The summed E-state index contributed by atoms with van der Waals surface area (Å²) in [6, 6.07) is 11.3. The number of hydrogen-bond donors (Lipinski definition) is 2. The van der Waals surface area contributed by atoms with Gasteiger partial charge in [0.15, 0.2) is 0 Å². The zero-order chi connectivity index (χ0) is 14.1. The molecule has 1 amide bonds. The quantitative estimate of drug-likeness (QED) is 0.877. The monoisotopic (exact) mass is 269 g/mol. The predicted octanol–water partition coefficient (Wildman–Crippen LogP) is 2.23. The lowest BCUT2D eigenvalue weighted by Gasteiger charge is -2.30. The van der Waals surface area contributed by atoms with E-state index < -0.39 is 6.10 Å². The van der Waals surface area contributed by atoms with Gasteiger partial charge in [-0.2, -0.15) is 0 Å². The van der Waals surface area contributed by atoms with E-state index in [9.17, 15) is 9.90 Å². The van der Waals surface area contributed by atoms with Gasteiger partial charge in [0.05, 0.1) is 35.1 Å². The number of aliphatic hydroxyl groups excluding tert-OH is 1. The van der Waals surface area contributed by atoms with Crippen LogP contribution in [0, 0.1) is 0 Å². The van der Waals surface area contributed by atoms with Gasteiger partial charge in [-0.25, -0.2) is 0 Å². The van der Waals surface area contributed by atoms with Gasteiger partial charge in [0, 0.05) is 0 Å². The molecule has 1 aromatic heterocycles. The minimum absolute atomic E-state index is 0.0525. The van der Waals surface area contributed by atoms with Crippen LogP contribution < -0.4 is 10.2 Å². The molecule has 3 rings (SSSR count). The number of carbonyl (C=O) groups excluding carboxylic acids is 1. The van der Waals surface area contributed by atoms with Crippen LogP contribution in [0.1, 0.15) is 18.7 Å². The number of rotatable bonds is 2. The molecule has 5 heteroatoms. The molecule has 1 aromatic carbocycles. The molecule has 2 N–H and O–H groups in total. The van der Waals surface area contributed by atoms with Gasteiger partial charge < -0.3 is 15.3 Å². The number of nitrogens with one attached hydrogen (secondary N) is 1. The van der Waals surface area contributed by atoms with Crippen molar-refractivity contribution in [2.75, 3.05) is 16.8 Å². The summed E-state index contributed by atoms with van der Waals surface area (Å²) in [5.74, 6) is -0.0525. The van der Waals surface area contributed by atoms with E-state index >= 15 is 0 Å². The Morgan fingerprint density at radius 2 is 2.10 bits per heavy atom. The second-order valence-electron chi connectivity index (χ2n) is 4.77. The fraction of sp³-hybridized carbons (Fsp3) is 0.200. The first-order valence-corrected chi connectivity index (χ1v) is 6.45. The lowest BCUT2D eigenvalue weighted by Crippen LogP contribution is -2.35. The Hall–Kier alpha value is -2.40. The maximum Gasteiger partial charge on any atom is 0.244 e. The van der Waals surface area contributed by atoms with Gasteiger partial charge in [0.2, 0.25) is 5.91 Å². The van der Waals surface area contributed by atoms with Crippen molar-refractivity contribution in [3.05, 3.63) is 48.3 Å². The molecule has 5 nitrogen and oxygen atoms in total. The molecular weight excluding hydrogens is 254 g/mol. The van der Waals surface area contributed by atoms with Crippen molar-refractivity contribution in [2.24, 2.45) is 0 Å². The smallest absolute Gasteiger partial charge is 0.244 e. The van der Waals surface area contributed by atoms with Crippen molar-refractivity contribution >= 4 is 23.0 Å². The molecule has 1 aliphatic rings. The number of para-hydroxylation sites is 2. The number of benzene rings is 1. The summed E-state index contributed by atoms with van der Waals surface area (Å²) < 4.78 is 0. The largest absolute Gasteiger partial charge is 0.387 e. The number of pyridine rings is 1. The molecule has 0 spiro atoms. The molecule has 102 valence electrons. The topological polar surface area (TPSA) is 65.5 Å². The van der Waals surface area contributed by atoms with Crippen LogP contribution in [0.3, 0.4) is 0 Å². The second-order valence-corrected chi connectivity index (χ2v) is 4.77. The van der Waals surface area contributed by atoms with E-state index in [2.05, 4.69) is 10.3 Å². The third-order valence-corrected chi connectivity index (χ3v) is 3.28. The van der Waals surface area contributed by atoms with E-state index in [-0.39, 0.29) is 12.5 Å². The SMILES string of the molecule is C[C@H](O)c1ccc(N2CC(=O)Nc3ccccc32)cn1. The molecule has 0 bridgehead atoms. The zero-order valence-electron chi connectivity index (χ0n) is 11.1. The van der Waals surface area contributed by atoms with Crippen molar-refractivity contribution in [2.45, 2.75) is 13.0 Å². The maximum absolute atomic E-state index is 11.8. The van der Waals surface area contributed by atoms with Crippen LogP contribution in [0.4, 0.5) is 17.1 Å². The van der Waals surface area contributed by atoms with E-state index in [1.807, 2.05) is 35.2 Å². The maximum atomic E-state index is 11.8. The Balaban J connectivity index is 1.99. The van der Waals surface area contributed by atoms with Gasteiger partial charge in [0.25, 0.3) is 0 Å². The van der Waals surface area contributed by atoms with Crippen molar-refractivity contribution in [3.8, 4) is 0 Å². The van der Waals surface area contributed by atoms with Crippen LogP contribution in [0.15, 0.2) is 42.6 Å². The number of nitrogens with zero attached hydrogens (tertiary/aromatic N) is 2. The van der Waals surface area contributed by atoms with Crippen LogP contribution >= 0.6 is 0 Å². The van der Waals surface area contributed by atoms with Gasteiger partial charge in [-0.1, -0.05) is 12.1 Å². The van der Waals surface area contributed by atoms with Crippen LogP contribution in [0.25, 0.3) is 0 Å². The number of fused-ring (bicyclic) bond motifs is 1. The van der Waals surface area contributed by atoms with Gasteiger partial charge in [0.1, 0.15) is 6.54 Å². The van der Waals surface area contributed by atoms with Crippen LogP contribution in [0.2, 0.25) is 0 Å². The molecule has 0 saturated heterocycles. The van der Waals surface area contributed by atoms with Gasteiger partial charge in [-0.3, -0.25) is 9.78 Å². The van der Waals surface area contributed by atoms with Crippen LogP contribution in [0.5, 0.6) is 0 Å². The minimum Gasteiger partial charge on any atom is -0.387 e. The number of anilines is 3. The molecule has 2 aromatic rings. The summed E-state index contributed by atoms with van der Waals surface area (Å²) in [5.41, 5.74) is 3.18. The second kappa shape index (κ2) is 4.94. The van der Waals surface area contributed by atoms with Gasteiger partial charge >= 0.3 is 0 Å².